The zero-order valence-electron chi connectivity index (χ0n) is 8.48. The second kappa shape index (κ2) is 4.79. The summed E-state index contributed by atoms with van der Waals surface area (Å²) < 4.78 is 0. The average molecular weight is 228 g/mol. The Kier molecular flexibility index (Phi) is 3.68. The van der Waals surface area contributed by atoms with Crippen molar-refractivity contribution in [2.75, 3.05) is 18.9 Å². The van der Waals surface area contributed by atoms with E-state index in [1.165, 1.54) is 4.90 Å². The number of nitrogens with zero attached hydrogens (tertiary/aromatic N) is 1. The number of carbonyl (C=O) groups excluding carboxylic acids is 1. The number of carboxylic acids is 1. The Bertz CT molecular complexity index is 375. The second-order valence-electron chi connectivity index (χ2n) is 2.91. The van der Waals surface area contributed by atoms with Gasteiger partial charge in [0.05, 0.1) is 5.69 Å². The lowest BCUT2D eigenvalue weighted by atomic mass is 10.4. The van der Waals surface area contributed by atoms with Crippen LogP contribution in [0.1, 0.15) is 16.6 Å². The summed E-state index contributed by atoms with van der Waals surface area (Å²) in [6, 6.07) is 1.27. The van der Waals surface area contributed by atoms with Crippen LogP contribution in [0.5, 0.6) is 0 Å². The average Bonchev–Trinajstić information content (AvgIpc) is 2.64. The van der Waals surface area contributed by atoms with Gasteiger partial charge >= 0.3 is 12.0 Å². The molecule has 0 saturated carbocycles. The molecule has 0 aliphatic rings. The van der Waals surface area contributed by atoms with E-state index >= 15 is 0 Å². The first-order valence-corrected chi connectivity index (χ1v) is 5.27. The van der Waals surface area contributed by atoms with Gasteiger partial charge in [-0.25, -0.2) is 9.59 Å². The Morgan fingerprint density at radius 2 is 2.27 bits per heavy atom. The number of aromatic carboxylic acids is 1. The molecule has 1 aromatic heterocycles. The van der Waals surface area contributed by atoms with Crippen molar-refractivity contribution in [1.29, 1.82) is 0 Å². The molecule has 0 saturated heterocycles. The zero-order valence-corrected chi connectivity index (χ0v) is 9.30. The van der Waals surface area contributed by atoms with Crippen molar-refractivity contribution < 1.29 is 14.7 Å². The number of carbonyl (C=O) groups is 2. The van der Waals surface area contributed by atoms with Crippen LogP contribution in [0.15, 0.2) is 11.4 Å². The Hall–Kier alpha value is -1.56. The molecule has 2 N–H and O–H groups in total. The van der Waals surface area contributed by atoms with Crippen LogP contribution < -0.4 is 5.32 Å². The molecule has 0 bridgehead atoms. The molecule has 0 unspecified atom stereocenters. The molecule has 1 aromatic rings. The van der Waals surface area contributed by atoms with E-state index in [0.717, 1.165) is 11.3 Å². The Morgan fingerprint density at radius 3 is 2.80 bits per heavy atom. The van der Waals surface area contributed by atoms with E-state index in [1.54, 1.807) is 18.5 Å². The summed E-state index contributed by atoms with van der Waals surface area (Å²) in [6.45, 7) is 2.41. The van der Waals surface area contributed by atoms with Gasteiger partial charge < -0.3 is 15.3 Å². The number of rotatable bonds is 3. The lowest BCUT2D eigenvalue weighted by Crippen LogP contribution is -2.31. The van der Waals surface area contributed by atoms with E-state index < -0.39 is 5.97 Å². The molecule has 5 nitrogen and oxygen atoms in total. The van der Waals surface area contributed by atoms with Crippen molar-refractivity contribution in [3.63, 3.8) is 0 Å². The molecule has 0 atom stereocenters. The van der Waals surface area contributed by atoms with Crippen molar-refractivity contribution in [3.05, 3.63) is 16.3 Å². The smallest absolute Gasteiger partial charge is 0.348 e. The van der Waals surface area contributed by atoms with E-state index in [9.17, 15) is 9.59 Å². The Labute approximate surface area is 91.3 Å². The summed E-state index contributed by atoms with van der Waals surface area (Å²) in [5.74, 6) is -1.03. The molecule has 1 heterocycles. The third-order valence-electron chi connectivity index (χ3n) is 1.92. The SMILES string of the molecule is CCN(C)C(=O)Nc1ccsc1C(=O)O. The van der Waals surface area contributed by atoms with Gasteiger partial charge in [0, 0.05) is 13.6 Å². The number of urea groups is 1. The maximum atomic E-state index is 11.4. The van der Waals surface area contributed by atoms with Gasteiger partial charge in [-0.15, -0.1) is 11.3 Å². The molecule has 1 rings (SSSR count). The Balaban J connectivity index is 2.76. The van der Waals surface area contributed by atoms with Crippen LogP contribution in [-0.4, -0.2) is 35.6 Å². The fourth-order valence-corrected chi connectivity index (χ4v) is 1.61. The summed E-state index contributed by atoms with van der Waals surface area (Å²) in [5, 5.41) is 13.0. The molecule has 0 aliphatic carbocycles. The first-order valence-electron chi connectivity index (χ1n) is 4.39. The molecule has 15 heavy (non-hydrogen) atoms. The third-order valence-corrected chi connectivity index (χ3v) is 2.82. The number of nitrogens with one attached hydrogen (secondary N) is 1. The van der Waals surface area contributed by atoms with Crippen molar-refractivity contribution in [2.24, 2.45) is 0 Å². The van der Waals surface area contributed by atoms with Crippen LogP contribution in [0, 0.1) is 0 Å². The van der Waals surface area contributed by atoms with Crippen LogP contribution in [0.2, 0.25) is 0 Å². The lowest BCUT2D eigenvalue weighted by Gasteiger charge is -2.14. The van der Waals surface area contributed by atoms with E-state index in [-0.39, 0.29) is 10.9 Å². The van der Waals surface area contributed by atoms with Gasteiger partial charge in [0.15, 0.2) is 0 Å². The van der Waals surface area contributed by atoms with Crippen molar-refractivity contribution in [1.82, 2.24) is 4.90 Å². The standard InChI is InChI=1S/C9H12N2O3S/c1-3-11(2)9(14)10-6-4-5-15-7(6)8(12)13/h4-5H,3H2,1-2H3,(H,10,14)(H,12,13). The second-order valence-corrected chi connectivity index (χ2v) is 3.83. The van der Waals surface area contributed by atoms with Crippen molar-refractivity contribution in [2.45, 2.75) is 6.92 Å². The molecule has 0 fully saturated rings. The van der Waals surface area contributed by atoms with Crippen molar-refractivity contribution in [3.8, 4) is 0 Å². The quantitative estimate of drug-likeness (QED) is 0.830. The molecule has 0 aliphatic heterocycles. The monoisotopic (exact) mass is 228 g/mol. The highest BCUT2D eigenvalue weighted by molar-refractivity contribution is 7.12. The van der Waals surface area contributed by atoms with Crippen LogP contribution in [0.4, 0.5) is 10.5 Å². The molecule has 6 heteroatoms. The largest absolute Gasteiger partial charge is 0.477 e. The summed E-state index contributed by atoms with van der Waals surface area (Å²) in [7, 11) is 1.64. The molecule has 82 valence electrons. The molecule has 0 aromatic carbocycles. The van der Waals surface area contributed by atoms with E-state index in [0.29, 0.717) is 12.2 Å². The van der Waals surface area contributed by atoms with E-state index in [4.69, 9.17) is 5.11 Å². The predicted molar refractivity (Wildman–Crippen MR) is 58.6 cm³/mol. The van der Waals surface area contributed by atoms with Gasteiger partial charge in [0.2, 0.25) is 0 Å². The number of hydrogen-bond donors (Lipinski definition) is 2. The summed E-state index contributed by atoms with van der Waals surface area (Å²) in [6.07, 6.45) is 0. The number of carboxylic acid groups (broad SMARTS) is 1. The van der Waals surface area contributed by atoms with E-state index in [1.807, 2.05) is 6.92 Å². The predicted octanol–water partition coefficient (Wildman–Crippen LogP) is 1.93. The molecule has 0 spiro atoms. The minimum atomic E-state index is -1.03. The number of amides is 2. The fourth-order valence-electron chi connectivity index (χ4n) is 0.928. The maximum Gasteiger partial charge on any atom is 0.348 e. The normalized spacial score (nSPS) is 9.73. The van der Waals surface area contributed by atoms with Crippen molar-refractivity contribution >= 4 is 29.0 Å². The highest BCUT2D eigenvalue weighted by atomic mass is 32.1. The lowest BCUT2D eigenvalue weighted by molar-refractivity contribution is 0.0703. The van der Waals surface area contributed by atoms with Crippen LogP contribution >= 0.6 is 11.3 Å². The van der Waals surface area contributed by atoms with Gasteiger partial charge in [-0.2, -0.15) is 0 Å². The number of thiophene rings is 1. The molecular formula is C9H12N2O3S. The van der Waals surface area contributed by atoms with Crippen LogP contribution in [0.25, 0.3) is 0 Å². The topological polar surface area (TPSA) is 69.6 Å². The summed E-state index contributed by atoms with van der Waals surface area (Å²) in [5.41, 5.74) is 0.345. The minimum Gasteiger partial charge on any atom is -0.477 e. The summed E-state index contributed by atoms with van der Waals surface area (Å²) >= 11 is 1.09. The van der Waals surface area contributed by atoms with Gasteiger partial charge in [0.25, 0.3) is 0 Å². The molecular weight excluding hydrogens is 216 g/mol. The van der Waals surface area contributed by atoms with E-state index in [2.05, 4.69) is 5.32 Å². The zero-order chi connectivity index (χ0) is 11.4. The molecule has 2 amide bonds. The fraction of sp³-hybridized carbons (Fsp3) is 0.333. The first-order chi connectivity index (χ1) is 7.06. The number of hydrogen-bond acceptors (Lipinski definition) is 3. The summed E-state index contributed by atoms with van der Waals surface area (Å²) in [4.78, 5) is 23.8. The van der Waals surface area contributed by atoms with Crippen LogP contribution in [0.3, 0.4) is 0 Å². The van der Waals surface area contributed by atoms with Gasteiger partial charge in [0.1, 0.15) is 4.88 Å². The minimum absolute atomic E-state index is 0.146. The maximum absolute atomic E-state index is 11.4. The van der Waals surface area contributed by atoms with Gasteiger partial charge in [-0.3, -0.25) is 0 Å². The third kappa shape index (κ3) is 2.69. The number of anilines is 1. The van der Waals surface area contributed by atoms with Crippen LogP contribution in [-0.2, 0) is 0 Å². The first kappa shape index (κ1) is 11.5. The molecule has 0 radical (unpaired) electrons. The highest BCUT2D eigenvalue weighted by Gasteiger charge is 2.15. The van der Waals surface area contributed by atoms with Gasteiger partial charge in [-0.05, 0) is 18.4 Å². The van der Waals surface area contributed by atoms with Gasteiger partial charge in [-0.1, -0.05) is 0 Å². The highest BCUT2D eigenvalue weighted by Crippen LogP contribution is 2.22. The Morgan fingerprint density at radius 1 is 1.60 bits per heavy atom.